The van der Waals surface area contributed by atoms with E-state index in [-0.39, 0.29) is 12.1 Å². The summed E-state index contributed by atoms with van der Waals surface area (Å²) in [5.74, 6) is 0.374. The molecular weight excluding hydrogens is 204 g/mol. The summed E-state index contributed by atoms with van der Waals surface area (Å²) in [7, 11) is 0. The van der Waals surface area contributed by atoms with E-state index >= 15 is 0 Å². The van der Waals surface area contributed by atoms with Gasteiger partial charge < -0.3 is 9.47 Å². The number of carbonyl (C=O) groups excluding carboxylic acids is 1. The SMILES string of the molecule is CCCCCC1C=C(OC(C)=O)C(C)(C)O1. The second-order valence-corrected chi connectivity index (χ2v) is 4.79. The van der Waals surface area contributed by atoms with Gasteiger partial charge in [-0.05, 0) is 26.3 Å². The zero-order valence-corrected chi connectivity index (χ0v) is 10.7. The minimum absolute atomic E-state index is 0.0934. The molecule has 1 aliphatic heterocycles. The highest BCUT2D eigenvalue weighted by Crippen LogP contribution is 2.33. The molecule has 0 amide bonds. The van der Waals surface area contributed by atoms with E-state index < -0.39 is 5.60 Å². The van der Waals surface area contributed by atoms with Gasteiger partial charge in [0.25, 0.3) is 0 Å². The van der Waals surface area contributed by atoms with Gasteiger partial charge in [-0.1, -0.05) is 26.2 Å². The lowest BCUT2D eigenvalue weighted by Gasteiger charge is -2.22. The van der Waals surface area contributed by atoms with Crippen molar-refractivity contribution in [3.63, 3.8) is 0 Å². The second-order valence-electron chi connectivity index (χ2n) is 4.79. The monoisotopic (exact) mass is 226 g/mol. The third kappa shape index (κ3) is 3.63. The number of unbranched alkanes of at least 4 members (excludes halogenated alkanes) is 2. The van der Waals surface area contributed by atoms with Crippen LogP contribution in [0.3, 0.4) is 0 Å². The van der Waals surface area contributed by atoms with E-state index in [1.807, 2.05) is 19.9 Å². The first-order valence-corrected chi connectivity index (χ1v) is 6.04. The summed E-state index contributed by atoms with van der Waals surface area (Å²) in [6.07, 6.45) is 6.62. The normalized spacial score (nSPS) is 23.0. The minimum atomic E-state index is -0.470. The van der Waals surface area contributed by atoms with E-state index in [2.05, 4.69) is 6.92 Å². The molecule has 0 saturated heterocycles. The standard InChI is InChI=1S/C13H22O3/c1-5-6-7-8-11-9-12(15-10(2)14)13(3,4)16-11/h9,11H,5-8H2,1-4H3. The predicted octanol–water partition coefficient (Wildman–Crippen LogP) is 3.19. The molecular formula is C13H22O3. The molecule has 1 aliphatic rings. The van der Waals surface area contributed by atoms with Crippen LogP contribution in [0.1, 0.15) is 53.4 Å². The van der Waals surface area contributed by atoms with Crippen LogP contribution in [0, 0.1) is 0 Å². The van der Waals surface area contributed by atoms with Gasteiger partial charge in [-0.2, -0.15) is 0 Å². The summed E-state index contributed by atoms with van der Waals surface area (Å²) in [4.78, 5) is 10.9. The fourth-order valence-electron chi connectivity index (χ4n) is 1.89. The van der Waals surface area contributed by atoms with Crippen molar-refractivity contribution in [2.45, 2.75) is 65.1 Å². The Balaban J connectivity index is 2.52. The third-order valence-corrected chi connectivity index (χ3v) is 2.72. The lowest BCUT2D eigenvalue weighted by molar-refractivity contribution is -0.140. The number of ether oxygens (including phenoxy) is 2. The molecule has 0 saturated carbocycles. The highest BCUT2D eigenvalue weighted by atomic mass is 16.6. The molecule has 0 aromatic carbocycles. The third-order valence-electron chi connectivity index (χ3n) is 2.72. The van der Waals surface area contributed by atoms with Crippen LogP contribution < -0.4 is 0 Å². The molecule has 3 nitrogen and oxygen atoms in total. The molecule has 0 bridgehead atoms. The summed E-state index contributed by atoms with van der Waals surface area (Å²) >= 11 is 0. The Morgan fingerprint density at radius 2 is 2.19 bits per heavy atom. The molecule has 1 rings (SSSR count). The van der Waals surface area contributed by atoms with E-state index in [1.54, 1.807) is 0 Å². The largest absolute Gasteiger partial charge is 0.428 e. The number of carbonyl (C=O) groups is 1. The van der Waals surface area contributed by atoms with Gasteiger partial charge in [0, 0.05) is 6.92 Å². The van der Waals surface area contributed by atoms with Gasteiger partial charge in [0.1, 0.15) is 11.4 Å². The first-order valence-electron chi connectivity index (χ1n) is 6.04. The maximum atomic E-state index is 10.9. The number of rotatable bonds is 5. The van der Waals surface area contributed by atoms with Crippen molar-refractivity contribution in [3.8, 4) is 0 Å². The molecule has 0 N–H and O–H groups in total. The molecule has 1 unspecified atom stereocenters. The maximum Gasteiger partial charge on any atom is 0.307 e. The molecule has 1 atom stereocenters. The zero-order chi connectivity index (χ0) is 12.2. The van der Waals surface area contributed by atoms with Crippen LogP contribution in [0.25, 0.3) is 0 Å². The number of hydrogen-bond donors (Lipinski definition) is 0. The van der Waals surface area contributed by atoms with Crippen LogP contribution in [0.2, 0.25) is 0 Å². The molecule has 16 heavy (non-hydrogen) atoms. The van der Waals surface area contributed by atoms with Crippen LogP contribution in [0.5, 0.6) is 0 Å². The fourth-order valence-corrected chi connectivity index (χ4v) is 1.89. The Morgan fingerprint density at radius 1 is 1.50 bits per heavy atom. The Kier molecular flexibility index (Phi) is 4.54. The van der Waals surface area contributed by atoms with Gasteiger partial charge in [-0.25, -0.2) is 0 Å². The zero-order valence-electron chi connectivity index (χ0n) is 10.7. The van der Waals surface area contributed by atoms with Crippen molar-refractivity contribution in [1.82, 2.24) is 0 Å². The molecule has 3 heteroatoms. The Morgan fingerprint density at radius 3 is 2.75 bits per heavy atom. The fraction of sp³-hybridized carbons (Fsp3) is 0.769. The van der Waals surface area contributed by atoms with Gasteiger partial charge in [-0.15, -0.1) is 0 Å². The van der Waals surface area contributed by atoms with Gasteiger partial charge in [0.15, 0.2) is 0 Å². The van der Waals surface area contributed by atoms with Crippen LogP contribution >= 0.6 is 0 Å². The van der Waals surface area contributed by atoms with Gasteiger partial charge in [-0.3, -0.25) is 4.79 Å². The summed E-state index contributed by atoms with van der Waals surface area (Å²) in [5, 5.41) is 0. The average molecular weight is 226 g/mol. The van der Waals surface area contributed by atoms with Crippen molar-refractivity contribution in [3.05, 3.63) is 11.8 Å². The lowest BCUT2D eigenvalue weighted by Crippen LogP contribution is -2.26. The predicted molar refractivity (Wildman–Crippen MR) is 62.9 cm³/mol. The Hall–Kier alpha value is -0.830. The first kappa shape index (κ1) is 13.2. The van der Waals surface area contributed by atoms with Crippen molar-refractivity contribution in [2.24, 2.45) is 0 Å². The Bertz CT molecular complexity index is 279. The van der Waals surface area contributed by atoms with Gasteiger partial charge >= 0.3 is 5.97 Å². The van der Waals surface area contributed by atoms with Crippen molar-refractivity contribution in [2.75, 3.05) is 0 Å². The van der Waals surface area contributed by atoms with Crippen molar-refractivity contribution < 1.29 is 14.3 Å². The van der Waals surface area contributed by atoms with E-state index in [4.69, 9.17) is 9.47 Å². The number of hydrogen-bond acceptors (Lipinski definition) is 3. The van der Waals surface area contributed by atoms with E-state index in [0.29, 0.717) is 5.76 Å². The highest BCUT2D eigenvalue weighted by Gasteiger charge is 2.36. The van der Waals surface area contributed by atoms with Crippen LogP contribution in [0.15, 0.2) is 11.8 Å². The first-order chi connectivity index (χ1) is 7.45. The molecule has 0 aromatic rings. The van der Waals surface area contributed by atoms with Gasteiger partial charge in [0.05, 0.1) is 6.10 Å². The topological polar surface area (TPSA) is 35.5 Å². The molecule has 1 heterocycles. The maximum absolute atomic E-state index is 10.9. The van der Waals surface area contributed by atoms with Crippen LogP contribution in [-0.2, 0) is 14.3 Å². The average Bonchev–Trinajstić information content (AvgIpc) is 2.41. The van der Waals surface area contributed by atoms with Crippen LogP contribution in [-0.4, -0.2) is 17.7 Å². The van der Waals surface area contributed by atoms with E-state index in [1.165, 1.54) is 19.8 Å². The molecule has 0 aromatic heterocycles. The summed E-state index contributed by atoms with van der Waals surface area (Å²) < 4.78 is 11.0. The highest BCUT2D eigenvalue weighted by molar-refractivity contribution is 5.67. The smallest absolute Gasteiger partial charge is 0.307 e. The van der Waals surface area contributed by atoms with E-state index in [9.17, 15) is 4.79 Å². The van der Waals surface area contributed by atoms with Gasteiger partial charge in [0.2, 0.25) is 0 Å². The minimum Gasteiger partial charge on any atom is -0.428 e. The van der Waals surface area contributed by atoms with Crippen molar-refractivity contribution in [1.29, 1.82) is 0 Å². The summed E-state index contributed by atoms with van der Waals surface area (Å²) in [5.41, 5.74) is -0.470. The molecule has 0 aliphatic carbocycles. The quantitative estimate of drug-likeness (QED) is 0.533. The number of esters is 1. The summed E-state index contributed by atoms with van der Waals surface area (Å²) in [6, 6.07) is 0. The van der Waals surface area contributed by atoms with Crippen LogP contribution in [0.4, 0.5) is 0 Å². The van der Waals surface area contributed by atoms with Crippen molar-refractivity contribution >= 4 is 5.97 Å². The Labute approximate surface area is 97.8 Å². The summed E-state index contributed by atoms with van der Waals surface area (Å²) in [6.45, 7) is 7.46. The molecule has 0 spiro atoms. The molecule has 0 radical (unpaired) electrons. The molecule has 0 fully saturated rings. The van der Waals surface area contributed by atoms with E-state index in [0.717, 1.165) is 12.8 Å². The lowest BCUT2D eigenvalue weighted by atomic mass is 10.1. The molecule has 92 valence electrons. The second kappa shape index (κ2) is 5.48.